The van der Waals surface area contributed by atoms with Crippen LogP contribution in [0.5, 0.6) is 0 Å². The lowest BCUT2D eigenvalue weighted by molar-refractivity contribution is 0.258. The van der Waals surface area contributed by atoms with E-state index in [-0.39, 0.29) is 0 Å². The molecular formula is C17H24N4. The van der Waals surface area contributed by atoms with E-state index in [0.717, 1.165) is 37.5 Å². The number of para-hydroxylation sites is 1. The summed E-state index contributed by atoms with van der Waals surface area (Å²) in [5, 5.41) is 1.17. The highest BCUT2D eigenvalue weighted by atomic mass is 15.3. The van der Waals surface area contributed by atoms with Crippen LogP contribution in [0.1, 0.15) is 18.9 Å². The van der Waals surface area contributed by atoms with Gasteiger partial charge in [-0.2, -0.15) is 0 Å². The fourth-order valence-electron chi connectivity index (χ4n) is 3.08. The van der Waals surface area contributed by atoms with Gasteiger partial charge >= 0.3 is 0 Å². The predicted molar refractivity (Wildman–Crippen MR) is 88.6 cm³/mol. The largest absolute Gasteiger partial charge is 0.354 e. The molecule has 0 unspecified atom stereocenters. The summed E-state index contributed by atoms with van der Waals surface area (Å²) in [6.07, 6.45) is 1.23. The Balaban J connectivity index is 1.84. The van der Waals surface area contributed by atoms with Gasteiger partial charge in [-0.1, -0.05) is 25.1 Å². The standard InChI is InChI=1S/C17H24N4/c1-2-7-20-8-10-21(11-9-20)17-12-14(13-18)15-5-3-4-6-16(15)19-17/h3-6,12H,2,7-11,13,18H2,1H3. The molecule has 0 aliphatic carbocycles. The molecule has 1 aromatic carbocycles. The second kappa shape index (κ2) is 6.41. The minimum atomic E-state index is 0.561. The molecule has 112 valence electrons. The quantitative estimate of drug-likeness (QED) is 0.935. The van der Waals surface area contributed by atoms with E-state index in [0.29, 0.717) is 6.54 Å². The highest BCUT2D eigenvalue weighted by Crippen LogP contribution is 2.23. The number of rotatable bonds is 4. The Morgan fingerprint density at radius 1 is 1.14 bits per heavy atom. The number of nitrogens with zero attached hydrogens (tertiary/aromatic N) is 3. The summed E-state index contributed by atoms with van der Waals surface area (Å²) in [4.78, 5) is 9.75. The maximum absolute atomic E-state index is 5.92. The summed E-state index contributed by atoms with van der Waals surface area (Å²) >= 11 is 0. The Hall–Kier alpha value is -1.65. The lowest BCUT2D eigenvalue weighted by Gasteiger charge is -2.35. The van der Waals surface area contributed by atoms with Crippen LogP contribution in [0.3, 0.4) is 0 Å². The van der Waals surface area contributed by atoms with Crippen LogP contribution in [0.4, 0.5) is 5.82 Å². The highest BCUT2D eigenvalue weighted by molar-refractivity contribution is 5.84. The number of benzene rings is 1. The van der Waals surface area contributed by atoms with Crippen molar-refractivity contribution in [1.82, 2.24) is 9.88 Å². The molecule has 4 nitrogen and oxygen atoms in total. The van der Waals surface area contributed by atoms with Gasteiger partial charge < -0.3 is 10.6 Å². The van der Waals surface area contributed by atoms with Gasteiger partial charge in [0.05, 0.1) is 5.52 Å². The number of anilines is 1. The molecule has 0 saturated carbocycles. The first-order valence-corrected chi connectivity index (χ1v) is 7.88. The van der Waals surface area contributed by atoms with Gasteiger partial charge in [0.1, 0.15) is 5.82 Å². The monoisotopic (exact) mass is 284 g/mol. The zero-order valence-corrected chi connectivity index (χ0v) is 12.8. The molecule has 0 bridgehead atoms. The Bertz CT molecular complexity index is 603. The Kier molecular flexibility index (Phi) is 4.36. The Labute approximate surface area is 126 Å². The van der Waals surface area contributed by atoms with Gasteiger partial charge in [-0.3, -0.25) is 4.90 Å². The molecule has 2 N–H and O–H groups in total. The molecule has 2 heterocycles. The number of hydrogen-bond donors (Lipinski definition) is 1. The molecule has 0 radical (unpaired) electrons. The molecule has 1 saturated heterocycles. The van der Waals surface area contributed by atoms with Gasteiger partial charge in [0.25, 0.3) is 0 Å². The van der Waals surface area contributed by atoms with E-state index in [1.165, 1.54) is 23.9 Å². The molecule has 0 atom stereocenters. The van der Waals surface area contributed by atoms with Crippen LogP contribution < -0.4 is 10.6 Å². The summed E-state index contributed by atoms with van der Waals surface area (Å²) in [6.45, 7) is 8.36. The van der Waals surface area contributed by atoms with E-state index in [1.807, 2.05) is 12.1 Å². The molecule has 21 heavy (non-hydrogen) atoms. The van der Waals surface area contributed by atoms with Crippen molar-refractivity contribution in [3.8, 4) is 0 Å². The third-order valence-electron chi connectivity index (χ3n) is 4.24. The number of aromatic nitrogens is 1. The molecule has 2 aromatic rings. The molecule has 4 heteroatoms. The Morgan fingerprint density at radius 2 is 1.90 bits per heavy atom. The molecule has 1 fully saturated rings. The van der Waals surface area contributed by atoms with Crippen molar-refractivity contribution in [3.63, 3.8) is 0 Å². The maximum atomic E-state index is 5.92. The van der Waals surface area contributed by atoms with Gasteiger partial charge in [0.2, 0.25) is 0 Å². The van der Waals surface area contributed by atoms with Gasteiger partial charge in [-0.25, -0.2) is 4.98 Å². The van der Waals surface area contributed by atoms with Crippen LogP contribution in [-0.4, -0.2) is 42.6 Å². The number of hydrogen-bond acceptors (Lipinski definition) is 4. The van der Waals surface area contributed by atoms with Gasteiger partial charge in [0, 0.05) is 38.1 Å². The van der Waals surface area contributed by atoms with Crippen LogP contribution >= 0.6 is 0 Å². The van der Waals surface area contributed by atoms with Crippen molar-refractivity contribution in [3.05, 3.63) is 35.9 Å². The van der Waals surface area contributed by atoms with E-state index < -0.39 is 0 Å². The summed E-state index contributed by atoms with van der Waals surface area (Å²) in [5.74, 6) is 1.07. The number of pyridine rings is 1. The molecule has 1 aromatic heterocycles. The third kappa shape index (κ3) is 3.01. The summed E-state index contributed by atoms with van der Waals surface area (Å²) in [7, 11) is 0. The van der Waals surface area contributed by atoms with E-state index in [4.69, 9.17) is 10.7 Å². The molecule has 3 rings (SSSR count). The molecular weight excluding hydrogens is 260 g/mol. The van der Waals surface area contributed by atoms with Crippen LogP contribution in [0, 0.1) is 0 Å². The number of fused-ring (bicyclic) bond motifs is 1. The van der Waals surface area contributed by atoms with Gasteiger partial charge in [-0.05, 0) is 30.7 Å². The van der Waals surface area contributed by atoms with Crippen molar-refractivity contribution in [1.29, 1.82) is 0 Å². The summed E-state index contributed by atoms with van der Waals surface area (Å²) < 4.78 is 0. The fourth-order valence-corrected chi connectivity index (χ4v) is 3.08. The Morgan fingerprint density at radius 3 is 2.62 bits per heavy atom. The second-order valence-corrected chi connectivity index (χ2v) is 5.69. The minimum absolute atomic E-state index is 0.561. The average molecular weight is 284 g/mol. The first kappa shape index (κ1) is 14.3. The van der Waals surface area contributed by atoms with Crippen LogP contribution in [0.25, 0.3) is 10.9 Å². The summed E-state index contributed by atoms with van der Waals surface area (Å²) in [5.41, 5.74) is 8.16. The lowest BCUT2D eigenvalue weighted by Crippen LogP contribution is -2.46. The van der Waals surface area contributed by atoms with Crippen molar-refractivity contribution in [2.24, 2.45) is 5.73 Å². The molecule has 1 aliphatic heterocycles. The zero-order chi connectivity index (χ0) is 14.7. The summed E-state index contributed by atoms with van der Waals surface area (Å²) in [6, 6.07) is 10.4. The highest BCUT2D eigenvalue weighted by Gasteiger charge is 2.18. The van der Waals surface area contributed by atoms with Crippen LogP contribution in [0.15, 0.2) is 30.3 Å². The van der Waals surface area contributed by atoms with Gasteiger partial charge in [-0.15, -0.1) is 0 Å². The van der Waals surface area contributed by atoms with Crippen molar-refractivity contribution in [2.75, 3.05) is 37.6 Å². The van der Waals surface area contributed by atoms with Crippen molar-refractivity contribution < 1.29 is 0 Å². The number of nitrogens with two attached hydrogens (primary N) is 1. The van der Waals surface area contributed by atoms with Crippen LogP contribution in [0.2, 0.25) is 0 Å². The van der Waals surface area contributed by atoms with E-state index in [1.54, 1.807) is 0 Å². The van der Waals surface area contributed by atoms with E-state index in [2.05, 4.69) is 34.9 Å². The lowest BCUT2D eigenvalue weighted by atomic mass is 10.1. The third-order valence-corrected chi connectivity index (χ3v) is 4.24. The maximum Gasteiger partial charge on any atom is 0.129 e. The second-order valence-electron chi connectivity index (χ2n) is 5.69. The molecule has 1 aliphatic rings. The zero-order valence-electron chi connectivity index (χ0n) is 12.8. The normalized spacial score (nSPS) is 16.6. The first-order valence-electron chi connectivity index (χ1n) is 7.88. The van der Waals surface area contributed by atoms with E-state index in [9.17, 15) is 0 Å². The average Bonchev–Trinajstić information content (AvgIpc) is 2.55. The topological polar surface area (TPSA) is 45.4 Å². The SMILES string of the molecule is CCCN1CCN(c2cc(CN)c3ccccc3n2)CC1. The fraction of sp³-hybridized carbons (Fsp3) is 0.471. The van der Waals surface area contributed by atoms with Gasteiger partial charge in [0.15, 0.2) is 0 Å². The first-order chi connectivity index (χ1) is 10.3. The minimum Gasteiger partial charge on any atom is -0.354 e. The van der Waals surface area contributed by atoms with Crippen molar-refractivity contribution in [2.45, 2.75) is 19.9 Å². The van der Waals surface area contributed by atoms with E-state index >= 15 is 0 Å². The van der Waals surface area contributed by atoms with Crippen LogP contribution in [-0.2, 0) is 6.54 Å². The molecule has 0 spiro atoms. The number of piperazine rings is 1. The smallest absolute Gasteiger partial charge is 0.129 e. The molecule has 0 amide bonds. The predicted octanol–water partition coefficient (Wildman–Crippen LogP) is 2.23. The van der Waals surface area contributed by atoms with Crippen molar-refractivity contribution >= 4 is 16.7 Å².